The number of benzene rings is 1. The van der Waals surface area contributed by atoms with Crippen molar-refractivity contribution in [2.24, 2.45) is 11.8 Å². The van der Waals surface area contributed by atoms with Crippen molar-refractivity contribution in [3.8, 4) is 5.75 Å². The minimum atomic E-state index is -2.40. The van der Waals surface area contributed by atoms with Gasteiger partial charge in [0.15, 0.2) is 22.4 Å². The molecule has 0 bridgehead atoms. The molecule has 0 unspecified atom stereocenters. The minimum absolute atomic E-state index is 0.0368. The van der Waals surface area contributed by atoms with E-state index < -0.39 is 54.6 Å². The topological polar surface area (TPSA) is 104 Å². The molecule has 2 N–H and O–H groups in total. The third-order valence-electron chi connectivity index (χ3n) is 13.7. The van der Waals surface area contributed by atoms with Crippen molar-refractivity contribution in [1.29, 1.82) is 0 Å². The Morgan fingerprint density at radius 3 is 1.64 bits per heavy atom. The van der Waals surface area contributed by atoms with Gasteiger partial charge in [0.25, 0.3) is 0 Å². The Hall–Kier alpha value is -0.899. The van der Waals surface area contributed by atoms with Crippen molar-refractivity contribution in [1.82, 2.24) is 0 Å². The van der Waals surface area contributed by atoms with E-state index in [-0.39, 0.29) is 34.4 Å². The molecule has 0 saturated carbocycles. The van der Waals surface area contributed by atoms with Crippen molar-refractivity contribution in [2.45, 2.75) is 220 Å². The number of ketones is 1. The second kappa shape index (κ2) is 21.1. The van der Waals surface area contributed by atoms with Gasteiger partial charge in [-0.3, -0.25) is 4.79 Å². The molecule has 0 aliphatic rings. The Bertz CT molecular complexity index is 1300. The lowest BCUT2D eigenvalue weighted by Gasteiger charge is -2.45. The predicted molar refractivity (Wildman–Crippen MR) is 242 cm³/mol. The maximum atomic E-state index is 14.1. The summed E-state index contributed by atoms with van der Waals surface area (Å²) in [4.78, 5) is 14.1. The molecule has 0 aromatic heterocycles. The molecule has 0 fully saturated rings. The molecular weight excluding hydrogens is 753 g/mol. The molecule has 0 saturated heterocycles. The van der Waals surface area contributed by atoms with Crippen LogP contribution in [-0.2, 0) is 29.4 Å². The van der Waals surface area contributed by atoms with Crippen molar-refractivity contribution in [3.63, 3.8) is 0 Å². The zero-order chi connectivity index (χ0) is 43.8. The third-order valence-corrected chi connectivity index (χ3v) is 28.9. The van der Waals surface area contributed by atoms with Crippen molar-refractivity contribution < 1.29 is 37.8 Å². The third kappa shape index (κ3) is 14.4. The van der Waals surface area contributed by atoms with Gasteiger partial charge >= 0.3 is 0 Å². The van der Waals surface area contributed by atoms with Crippen molar-refractivity contribution >= 4 is 30.7 Å². The zero-order valence-corrected chi connectivity index (χ0v) is 42.9. The van der Waals surface area contributed by atoms with Crippen LogP contribution in [0.1, 0.15) is 136 Å². The minimum Gasteiger partial charge on any atom is -0.497 e. The highest BCUT2D eigenvalue weighted by Crippen LogP contribution is 2.44. The Morgan fingerprint density at radius 1 is 0.732 bits per heavy atom. The quantitative estimate of drug-likeness (QED) is 0.0992. The highest BCUT2D eigenvalue weighted by Gasteiger charge is 2.47. The number of carbonyl (C=O) groups excluding carboxylic acids is 1. The van der Waals surface area contributed by atoms with Crippen LogP contribution >= 0.6 is 0 Å². The van der Waals surface area contributed by atoms with E-state index in [1.165, 1.54) is 0 Å². The summed E-state index contributed by atoms with van der Waals surface area (Å²) in [6, 6.07) is 7.87. The molecule has 56 heavy (non-hydrogen) atoms. The molecule has 0 aliphatic heterocycles. The van der Waals surface area contributed by atoms with Gasteiger partial charge in [-0.2, -0.15) is 0 Å². The maximum absolute atomic E-state index is 14.1. The van der Waals surface area contributed by atoms with E-state index in [0.29, 0.717) is 42.7 Å². The molecule has 7 atom stereocenters. The van der Waals surface area contributed by atoms with E-state index in [0.717, 1.165) is 11.3 Å². The van der Waals surface area contributed by atoms with Crippen LogP contribution in [0.4, 0.5) is 0 Å². The second-order valence-corrected chi connectivity index (χ2v) is 36.2. The average molecular weight is 841 g/mol. The van der Waals surface area contributed by atoms with Crippen LogP contribution in [0.5, 0.6) is 5.75 Å². The van der Waals surface area contributed by atoms with Gasteiger partial charge in [0.1, 0.15) is 11.9 Å². The number of hydrogen-bond acceptors (Lipinski definition) is 8. The number of methoxy groups -OCH3 is 1. The lowest BCUT2D eigenvalue weighted by molar-refractivity contribution is -0.140. The fourth-order valence-corrected chi connectivity index (χ4v) is 15.7. The second-order valence-electron chi connectivity index (χ2n) is 21.2. The fraction of sp³-hybridized carbons (Fsp3) is 0.844. The van der Waals surface area contributed by atoms with Gasteiger partial charge in [0.2, 0.25) is 8.32 Å². The molecule has 8 nitrogen and oxygen atoms in total. The molecule has 1 aromatic carbocycles. The Balaban J connectivity index is 3.47. The summed E-state index contributed by atoms with van der Waals surface area (Å²) in [5, 5.41) is 22.9. The lowest BCUT2D eigenvalue weighted by atomic mass is 9.83. The number of Topliss-reactive ketones (excluding diaryl/α,β-unsaturated/α-hetero) is 1. The van der Waals surface area contributed by atoms with E-state index in [1.54, 1.807) is 7.11 Å². The standard InChI is InChI=1S/C45H88O8Si3/c1-31(2)56(32(3)4,33(5)6)52-36(9)26-34(7)41(47)42(48)40(46)27-39(53-55(20,21)44(13,14)15)28-45(16,35(8)29-51-54(18,19)43(10,11)12)50-30-37-22-24-38(49-17)25-23-37/h22-25,31-36,39,41-42,47-48H,26-30H2,1-21H3/t34-,35+,36+,39-,41+,42+,45-/m1/s1. The molecular formula is C45H88O8Si3. The molecule has 0 spiro atoms. The van der Waals surface area contributed by atoms with Gasteiger partial charge in [-0.05, 0) is 96.8 Å². The van der Waals surface area contributed by atoms with E-state index >= 15 is 0 Å². The number of ether oxygens (including phenoxy) is 2. The summed E-state index contributed by atoms with van der Waals surface area (Å²) in [6.07, 6.45) is -2.52. The zero-order valence-electron chi connectivity index (χ0n) is 39.9. The van der Waals surface area contributed by atoms with Gasteiger partial charge in [-0.25, -0.2) is 0 Å². The van der Waals surface area contributed by atoms with Crippen LogP contribution in [0.2, 0.25) is 52.9 Å². The van der Waals surface area contributed by atoms with Gasteiger partial charge in [-0.1, -0.05) is 109 Å². The summed E-state index contributed by atoms with van der Waals surface area (Å²) in [5.41, 5.74) is 1.55. The molecule has 1 aromatic rings. The van der Waals surface area contributed by atoms with E-state index in [1.807, 2.05) is 31.2 Å². The van der Waals surface area contributed by atoms with Crippen LogP contribution in [-0.4, -0.2) is 84.7 Å². The number of aliphatic hydroxyl groups excluding tert-OH is 2. The van der Waals surface area contributed by atoms with E-state index in [4.69, 9.17) is 22.8 Å². The molecule has 0 aliphatic carbocycles. The number of rotatable bonds is 24. The molecule has 328 valence electrons. The first-order valence-electron chi connectivity index (χ1n) is 21.4. The molecule has 1 rings (SSSR count). The summed E-state index contributed by atoms with van der Waals surface area (Å²) >= 11 is 0. The maximum Gasteiger partial charge on any atom is 0.200 e. The van der Waals surface area contributed by atoms with Crippen molar-refractivity contribution in [2.75, 3.05) is 13.7 Å². The molecule has 11 heteroatoms. The largest absolute Gasteiger partial charge is 0.497 e. The van der Waals surface area contributed by atoms with Gasteiger partial charge in [-0.15, -0.1) is 0 Å². The van der Waals surface area contributed by atoms with Crippen molar-refractivity contribution in [3.05, 3.63) is 29.8 Å². The number of hydrogen-bond donors (Lipinski definition) is 2. The van der Waals surface area contributed by atoms with Gasteiger partial charge < -0.3 is 33.0 Å². The molecule has 0 heterocycles. The first-order chi connectivity index (χ1) is 25.3. The normalized spacial score (nSPS) is 18.1. The Kier molecular flexibility index (Phi) is 20.0. The molecule has 0 radical (unpaired) electrons. The average Bonchev–Trinajstić information content (AvgIpc) is 3.06. The first kappa shape index (κ1) is 53.1. The van der Waals surface area contributed by atoms with Crippen LogP contribution < -0.4 is 4.74 Å². The smallest absolute Gasteiger partial charge is 0.200 e. The monoisotopic (exact) mass is 841 g/mol. The number of aliphatic hydroxyl groups is 2. The Labute approximate surface area is 347 Å². The summed E-state index contributed by atoms with van der Waals surface area (Å²) in [6.45, 7) is 44.9. The summed E-state index contributed by atoms with van der Waals surface area (Å²) in [5.74, 6) is -0.0412. The van der Waals surface area contributed by atoms with Crippen LogP contribution in [0.15, 0.2) is 24.3 Å². The van der Waals surface area contributed by atoms with Crippen LogP contribution in [0.25, 0.3) is 0 Å². The highest BCUT2D eigenvalue weighted by atomic mass is 28.4. The first-order valence-corrected chi connectivity index (χ1v) is 29.4. The summed E-state index contributed by atoms with van der Waals surface area (Å²) < 4.78 is 33.0. The van der Waals surface area contributed by atoms with Crippen LogP contribution in [0.3, 0.4) is 0 Å². The Morgan fingerprint density at radius 2 is 1.21 bits per heavy atom. The van der Waals surface area contributed by atoms with Gasteiger partial charge in [0, 0.05) is 31.5 Å². The van der Waals surface area contributed by atoms with E-state index in [2.05, 4.69) is 130 Å². The lowest BCUT2D eigenvalue weighted by Crippen LogP contribution is -2.51. The SMILES string of the molecule is COc1ccc(CO[C@](C)(C[C@@H](CC(=O)[C@H](O)[C@@H](O)[C@H](C)C[C@H](C)O[Si](C(C)C)(C(C)C)C(C)C)O[Si](C)(C)C(C)(C)C)[C@@H](C)CO[Si](C)(C)C(C)(C)C)cc1. The predicted octanol–water partition coefficient (Wildman–Crippen LogP) is 11.7. The summed E-state index contributed by atoms with van der Waals surface area (Å²) in [7, 11) is -4.96. The highest BCUT2D eigenvalue weighted by molar-refractivity contribution is 6.77. The van der Waals surface area contributed by atoms with Crippen LogP contribution in [0, 0.1) is 11.8 Å². The van der Waals surface area contributed by atoms with E-state index in [9.17, 15) is 15.0 Å². The van der Waals surface area contributed by atoms with Gasteiger partial charge in [0.05, 0.1) is 31.5 Å². The number of carbonyl (C=O) groups is 1. The fourth-order valence-electron chi connectivity index (χ4n) is 7.61. The molecule has 0 amide bonds.